The van der Waals surface area contributed by atoms with Gasteiger partial charge in [-0.25, -0.2) is 0 Å². The normalized spacial score (nSPS) is 10.7. The number of aryl methyl sites for hydroxylation is 2. The van der Waals surface area contributed by atoms with E-state index in [2.05, 4.69) is 15.6 Å². The first-order valence-corrected chi connectivity index (χ1v) is 8.27. The smallest absolute Gasteiger partial charge is 0.272 e. The van der Waals surface area contributed by atoms with Crippen molar-refractivity contribution in [1.82, 2.24) is 10.3 Å². The van der Waals surface area contributed by atoms with E-state index in [9.17, 15) is 9.59 Å². The number of hydrogen-bond acceptors (Lipinski definition) is 2. The molecule has 3 aromatic rings. The number of anilines is 1. The molecule has 0 bridgehead atoms. The molecule has 0 fully saturated rings. The molecule has 0 saturated carbocycles. The van der Waals surface area contributed by atoms with Crippen molar-refractivity contribution in [2.45, 2.75) is 20.8 Å². The zero-order valence-electron chi connectivity index (χ0n) is 14.6. The lowest BCUT2D eigenvalue weighted by Crippen LogP contribution is -2.22. The van der Waals surface area contributed by atoms with Gasteiger partial charge in [-0.1, -0.05) is 11.6 Å². The van der Waals surface area contributed by atoms with Crippen molar-refractivity contribution < 1.29 is 9.59 Å². The van der Waals surface area contributed by atoms with Crippen LogP contribution in [0.1, 0.15) is 38.9 Å². The topological polar surface area (TPSA) is 74.0 Å². The van der Waals surface area contributed by atoms with Gasteiger partial charge in [0.25, 0.3) is 11.8 Å². The first-order valence-electron chi connectivity index (χ1n) is 8.27. The second-order valence-electron chi connectivity index (χ2n) is 6.12. The lowest BCUT2D eigenvalue weighted by molar-refractivity contribution is 0.0955. The zero-order valence-corrected chi connectivity index (χ0v) is 14.6. The Morgan fingerprint density at radius 2 is 1.80 bits per heavy atom. The van der Waals surface area contributed by atoms with E-state index < -0.39 is 0 Å². The van der Waals surface area contributed by atoms with Gasteiger partial charge in [0.15, 0.2) is 0 Å². The van der Waals surface area contributed by atoms with Gasteiger partial charge in [0.2, 0.25) is 0 Å². The van der Waals surface area contributed by atoms with Crippen LogP contribution >= 0.6 is 0 Å². The summed E-state index contributed by atoms with van der Waals surface area (Å²) in [5, 5.41) is 6.67. The van der Waals surface area contributed by atoms with Gasteiger partial charge in [-0.15, -0.1) is 0 Å². The SMILES string of the molecule is CCNC(=O)c1ccc(NC(=O)c2cc3cc(C)ccc3[nH]2)c(C)c1. The van der Waals surface area contributed by atoms with E-state index in [1.54, 1.807) is 18.2 Å². The minimum atomic E-state index is -0.206. The highest BCUT2D eigenvalue weighted by Gasteiger charge is 2.12. The van der Waals surface area contributed by atoms with Gasteiger partial charge in [0.1, 0.15) is 5.69 Å². The van der Waals surface area contributed by atoms with E-state index in [4.69, 9.17) is 0 Å². The number of rotatable bonds is 4. The Morgan fingerprint density at radius 1 is 1.00 bits per heavy atom. The monoisotopic (exact) mass is 335 g/mol. The van der Waals surface area contributed by atoms with Crippen molar-refractivity contribution in [3.63, 3.8) is 0 Å². The van der Waals surface area contributed by atoms with Gasteiger partial charge in [-0.3, -0.25) is 9.59 Å². The number of hydrogen-bond donors (Lipinski definition) is 3. The molecule has 3 rings (SSSR count). The van der Waals surface area contributed by atoms with E-state index in [0.29, 0.717) is 23.5 Å². The van der Waals surface area contributed by atoms with Crippen molar-refractivity contribution in [2.75, 3.05) is 11.9 Å². The highest BCUT2D eigenvalue weighted by atomic mass is 16.2. The Morgan fingerprint density at radius 3 is 2.52 bits per heavy atom. The van der Waals surface area contributed by atoms with Gasteiger partial charge in [-0.05, 0) is 62.7 Å². The molecular formula is C20H21N3O2. The average molecular weight is 335 g/mol. The van der Waals surface area contributed by atoms with Crippen LogP contribution in [0.15, 0.2) is 42.5 Å². The first-order chi connectivity index (χ1) is 12.0. The van der Waals surface area contributed by atoms with E-state index in [1.165, 1.54) is 0 Å². The first kappa shape index (κ1) is 16.8. The summed E-state index contributed by atoms with van der Waals surface area (Å²) >= 11 is 0. The molecule has 0 aliphatic rings. The quantitative estimate of drug-likeness (QED) is 0.679. The third kappa shape index (κ3) is 3.55. The van der Waals surface area contributed by atoms with Gasteiger partial charge in [0, 0.05) is 28.7 Å². The standard InChI is InChI=1S/C20H21N3O2/c1-4-21-19(24)14-6-8-16(13(3)10-14)23-20(25)18-11-15-9-12(2)5-7-17(15)22-18/h5-11,22H,4H2,1-3H3,(H,21,24)(H,23,25). The minimum absolute atomic E-state index is 0.116. The van der Waals surface area contributed by atoms with E-state index >= 15 is 0 Å². The molecule has 1 heterocycles. The molecule has 0 unspecified atom stereocenters. The van der Waals surface area contributed by atoms with Crippen molar-refractivity contribution in [2.24, 2.45) is 0 Å². The molecule has 128 valence electrons. The fourth-order valence-electron chi connectivity index (χ4n) is 2.77. The van der Waals surface area contributed by atoms with Gasteiger partial charge in [0.05, 0.1) is 0 Å². The predicted octanol–water partition coefficient (Wildman–Crippen LogP) is 3.79. The molecule has 0 aliphatic carbocycles. The van der Waals surface area contributed by atoms with E-state index in [1.807, 2.05) is 45.0 Å². The summed E-state index contributed by atoms with van der Waals surface area (Å²) in [6.07, 6.45) is 0. The Bertz CT molecular complexity index is 957. The number of H-pyrrole nitrogens is 1. The summed E-state index contributed by atoms with van der Waals surface area (Å²) < 4.78 is 0. The highest BCUT2D eigenvalue weighted by molar-refractivity contribution is 6.06. The van der Waals surface area contributed by atoms with Crippen LogP contribution in [0.25, 0.3) is 10.9 Å². The maximum atomic E-state index is 12.5. The molecule has 0 aliphatic heterocycles. The summed E-state index contributed by atoms with van der Waals surface area (Å²) in [4.78, 5) is 27.5. The zero-order chi connectivity index (χ0) is 18.0. The van der Waals surface area contributed by atoms with E-state index in [0.717, 1.165) is 22.0 Å². The Labute approximate surface area is 146 Å². The summed E-state index contributed by atoms with van der Waals surface area (Å²) in [5.74, 6) is -0.322. The number of benzene rings is 2. The lowest BCUT2D eigenvalue weighted by Gasteiger charge is -2.09. The van der Waals surface area contributed by atoms with E-state index in [-0.39, 0.29) is 11.8 Å². The molecule has 0 atom stereocenters. The van der Waals surface area contributed by atoms with Crippen molar-refractivity contribution >= 4 is 28.4 Å². The molecule has 0 radical (unpaired) electrons. The van der Waals surface area contributed by atoms with Gasteiger partial charge in [-0.2, -0.15) is 0 Å². The minimum Gasteiger partial charge on any atom is -0.352 e. The number of amides is 2. The fraction of sp³-hybridized carbons (Fsp3) is 0.200. The molecular weight excluding hydrogens is 314 g/mol. The summed E-state index contributed by atoms with van der Waals surface area (Å²) in [6.45, 7) is 6.34. The summed E-state index contributed by atoms with van der Waals surface area (Å²) in [5.41, 5.74) is 4.69. The number of aromatic nitrogens is 1. The molecule has 5 nitrogen and oxygen atoms in total. The number of nitrogens with one attached hydrogen (secondary N) is 3. The summed E-state index contributed by atoms with van der Waals surface area (Å²) in [6, 6.07) is 13.1. The maximum absolute atomic E-state index is 12.5. The van der Waals surface area contributed by atoms with Crippen molar-refractivity contribution in [3.05, 3.63) is 64.8 Å². The molecule has 1 aromatic heterocycles. The van der Waals surface area contributed by atoms with Crippen molar-refractivity contribution in [1.29, 1.82) is 0 Å². The third-order valence-corrected chi connectivity index (χ3v) is 4.10. The highest BCUT2D eigenvalue weighted by Crippen LogP contribution is 2.20. The van der Waals surface area contributed by atoms with Crippen LogP contribution in [-0.2, 0) is 0 Å². The van der Waals surface area contributed by atoms with Crippen LogP contribution in [0.5, 0.6) is 0 Å². The lowest BCUT2D eigenvalue weighted by atomic mass is 10.1. The molecule has 0 saturated heterocycles. The van der Waals surface area contributed by atoms with Crippen LogP contribution in [0, 0.1) is 13.8 Å². The Hall–Kier alpha value is -3.08. The van der Waals surface area contributed by atoms with Crippen LogP contribution in [0.3, 0.4) is 0 Å². The molecule has 2 aromatic carbocycles. The van der Waals surface area contributed by atoms with Crippen LogP contribution in [-0.4, -0.2) is 23.3 Å². The predicted molar refractivity (Wildman–Crippen MR) is 100 cm³/mol. The maximum Gasteiger partial charge on any atom is 0.272 e. The number of fused-ring (bicyclic) bond motifs is 1. The number of carbonyl (C=O) groups excluding carboxylic acids is 2. The van der Waals surface area contributed by atoms with Crippen LogP contribution in [0.2, 0.25) is 0 Å². The Kier molecular flexibility index (Phi) is 4.57. The largest absolute Gasteiger partial charge is 0.352 e. The summed E-state index contributed by atoms with van der Waals surface area (Å²) in [7, 11) is 0. The Balaban J connectivity index is 1.81. The fourth-order valence-corrected chi connectivity index (χ4v) is 2.77. The number of carbonyl (C=O) groups is 2. The molecule has 5 heteroatoms. The van der Waals surface area contributed by atoms with Gasteiger partial charge < -0.3 is 15.6 Å². The molecule has 0 spiro atoms. The van der Waals surface area contributed by atoms with Gasteiger partial charge >= 0.3 is 0 Å². The third-order valence-electron chi connectivity index (χ3n) is 4.10. The van der Waals surface area contributed by atoms with Crippen molar-refractivity contribution in [3.8, 4) is 0 Å². The average Bonchev–Trinajstić information content (AvgIpc) is 3.00. The molecule has 2 amide bonds. The molecule has 3 N–H and O–H groups in total. The van der Waals surface area contributed by atoms with Crippen LogP contribution < -0.4 is 10.6 Å². The molecule has 25 heavy (non-hydrogen) atoms. The number of aromatic amines is 1. The van der Waals surface area contributed by atoms with Crippen LogP contribution in [0.4, 0.5) is 5.69 Å². The second kappa shape index (κ2) is 6.81. The second-order valence-corrected chi connectivity index (χ2v) is 6.12.